The summed E-state index contributed by atoms with van der Waals surface area (Å²) in [6.45, 7) is 1.48. The molecule has 5 nitrogen and oxygen atoms in total. The third-order valence-electron chi connectivity index (χ3n) is 4.34. The fraction of sp³-hybridized carbons (Fsp3) is 0.471. The molecular formula is C17H21NO4. The predicted molar refractivity (Wildman–Crippen MR) is 82.8 cm³/mol. The van der Waals surface area contributed by atoms with Crippen LogP contribution in [0.15, 0.2) is 24.3 Å². The SMILES string of the molecule is CC(=O)c1ccc(NC(=O)CC2(C(=O)O)CCCCC2)cc1. The van der Waals surface area contributed by atoms with Crippen molar-refractivity contribution in [2.45, 2.75) is 45.4 Å². The Labute approximate surface area is 129 Å². The molecule has 0 saturated heterocycles. The number of hydrogen-bond acceptors (Lipinski definition) is 3. The van der Waals surface area contributed by atoms with E-state index in [1.807, 2.05) is 0 Å². The topological polar surface area (TPSA) is 83.5 Å². The highest BCUT2D eigenvalue weighted by atomic mass is 16.4. The number of hydrogen-bond donors (Lipinski definition) is 2. The van der Waals surface area contributed by atoms with Crippen molar-refractivity contribution in [3.05, 3.63) is 29.8 Å². The summed E-state index contributed by atoms with van der Waals surface area (Å²) in [5.41, 5.74) is 0.223. The smallest absolute Gasteiger partial charge is 0.310 e. The van der Waals surface area contributed by atoms with Crippen molar-refractivity contribution in [2.75, 3.05) is 5.32 Å². The molecule has 1 aromatic carbocycles. The van der Waals surface area contributed by atoms with Crippen LogP contribution < -0.4 is 5.32 Å². The van der Waals surface area contributed by atoms with Gasteiger partial charge in [0.25, 0.3) is 0 Å². The lowest BCUT2D eigenvalue weighted by atomic mass is 9.71. The molecule has 0 aromatic heterocycles. The molecular weight excluding hydrogens is 282 g/mol. The van der Waals surface area contributed by atoms with Crippen LogP contribution in [0, 0.1) is 5.41 Å². The molecule has 1 amide bonds. The van der Waals surface area contributed by atoms with E-state index in [9.17, 15) is 19.5 Å². The Hall–Kier alpha value is -2.17. The second-order valence-electron chi connectivity index (χ2n) is 6.00. The minimum atomic E-state index is -0.929. The van der Waals surface area contributed by atoms with E-state index < -0.39 is 11.4 Å². The van der Waals surface area contributed by atoms with Gasteiger partial charge in [0.2, 0.25) is 5.91 Å². The molecule has 0 atom stereocenters. The first-order valence-electron chi connectivity index (χ1n) is 7.57. The molecule has 1 fully saturated rings. The summed E-state index contributed by atoms with van der Waals surface area (Å²) in [4.78, 5) is 34.9. The largest absolute Gasteiger partial charge is 0.481 e. The second-order valence-corrected chi connectivity index (χ2v) is 6.00. The van der Waals surface area contributed by atoms with Gasteiger partial charge in [-0.3, -0.25) is 14.4 Å². The van der Waals surface area contributed by atoms with Crippen LogP contribution in [0.1, 0.15) is 55.8 Å². The fourth-order valence-corrected chi connectivity index (χ4v) is 3.00. The van der Waals surface area contributed by atoms with Gasteiger partial charge in [0.1, 0.15) is 0 Å². The van der Waals surface area contributed by atoms with Gasteiger partial charge in [-0.15, -0.1) is 0 Å². The lowest BCUT2D eigenvalue weighted by Crippen LogP contribution is -2.37. The number of ketones is 1. The number of benzene rings is 1. The number of aliphatic carboxylic acids is 1. The van der Waals surface area contributed by atoms with Crippen molar-refractivity contribution in [3.63, 3.8) is 0 Å². The zero-order valence-corrected chi connectivity index (χ0v) is 12.7. The van der Waals surface area contributed by atoms with Crippen LogP contribution in [-0.4, -0.2) is 22.8 Å². The minimum Gasteiger partial charge on any atom is -0.481 e. The van der Waals surface area contributed by atoms with Crippen LogP contribution >= 0.6 is 0 Å². The zero-order chi connectivity index (χ0) is 16.2. The van der Waals surface area contributed by atoms with Gasteiger partial charge in [0, 0.05) is 17.7 Å². The molecule has 1 aliphatic rings. The van der Waals surface area contributed by atoms with E-state index in [1.165, 1.54) is 6.92 Å². The van der Waals surface area contributed by atoms with Crippen molar-refractivity contribution >= 4 is 23.3 Å². The Kier molecular flexibility index (Phi) is 4.96. The van der Waals surface area contributed by atoms with Crippen LogP contribution in [0.5, 0.6) is 0 Å². The average molecular weight is 303 g/mol. The molecule has 0 unspecified atom stereocenters. The third-order valence-corrected chi connectivity index (χ3v) is 4.34. The lowest BCUT2D eigenvalue weighted by Gasteiger charge is -2.32. The predicted octanol–water partition coefficient (Wildman–Crippen LogP) is 3.25. The Morgan fingerprint density at radius 2 is 1.68 bits per heavy atom. The van der Waals surface area contributed by atoms with Crippen LogP contribution in [0.3, 0.4) is 0 Å². The fourth-order valence-electron chi connectivity index (χ4n) is 3.00. The normalized spacial score (nSPS) is 16.8. The molecule has 1 aromatic rings. The number of carbonyl (C=O) groups excluding carboxylic acids is 2. The molecule has 0 radical (unpaired) electrons. The average Bonchev–Trinajstić information content (AvgIpc) is 2.48. The van der Waals surface area contributed by atoms with Gasteiger partial charge in [-0.05, 0) is 44.0 Å². The molecule has 1 aliphatic carbocycles. The molecule has 2 N–H and O–H groups in total. The van der Waals surface area contributed by atoms with Gasteiger partial charge in [0.15, 0.2) is 5.78 Å². The lowest BCUT2D eigenvalue weighted by molar-refractivity contribution is -0.153. The monoisotopic (exact) mass is 303 g/mol. The summed E-state index contributed by atoms with van der Waals surface area (Å²) in [6.07, 6.45) is 3.85. The second kappa shape index (κ2) is 6.73. The van der Waals surface area contributed by atoms with Crippen molar-refractivity contribution in [3.8, 4) is 0 Å². The number of nitrogens with one attached hydrogen (secondary N) is 1. The first-order valence-corrected chi connectivity index (χ1v) is 7.57. The molecule has 0 bridgehead atoms. The number of rotatable bonds is 5. The van der Waals surface area contributed by atoms with Crippen LogP contribution in [0.4, 0.5) is 5.69 Å². The Morgan fingerprint density at radius 1 is 1.09 bits per heavy atom. The van der Waals surface area contributed by atoms with Crippen LogP contribution in [0.25, 0.3) is 0 Å². The molecule has 0 heterocycles. The summed E-state index contributed by atoms with van der Waals surface area (Å²) < 4.78 is 0. The first-order chi connectivity index (χ1) is 10.4. The van der Waals surface area contributed by atoms with Crippen LogP contribution in [0.2, 0.25) is 0 Å². The van der Waals surface area contributed by atoms with E-state index in [-0.39, 0.29) is 18.1 Å². The van der Waals surface area contributed by atoms with Gasteiger partial charge in [-0.2, -0.15) is 0 Å². The summed E-state index contributed by atoms with van der Waals surface area (Å²) in [5.74, 6) is -1.21. The zero-order valence-electron chi connectivity index (χ0n) is 12.7. The third kappa shape index (κ3) is 3.72. The van der Waals surface area contributed by atoms with E-state index in [0.717, 1.165) is 19.3 Å². The van der Waals surface area contributed by atoms with E-state index in [4.69, 9.17) is 0 Å². The quantitative estimate of drug-likeness (QED) is 0.818. The summed E-state index contributed by atoms with van der Waals surface area (Å²) in [7, 11) is 0. The highest BCUT2D eigenvalue weighted by Crippen LogP contribution is 2.39. The highest BCUT2D eigenvalue weighted by Gasteiger charge is 2.41. The molecule has 0 spiro atoms. The van der Waals surface area contributed by atoms with Crippen molar-refractivity contribution in [1.82, 2.24) is 0 Å². The van der Waals surface area contributed by atoms with Gasteiger partial charge in [-0.25, -0.2) is 0 Å². The Bertz CT molecular complexity index is 571. The summed E-state index contributed by atoms with van der Waals surface area (Å²) in [6, 6.07) is 6.60. The number of carboxylic acids is 1. The van der Waals surface area contributed by atoms with Gasteiger partial charge in [0.05, 0.1) is 5.41 Å². The maximum absolute atomic E-state index is 12.2. The molecule has 22 heavy (non-hydrogen) atoms. The van der Waals surface area contributed by atoms with Crippen LogP contribution in [-0.2, 0) is 9.59 Å². The maximum atomic E-state index is 12.2. The number of anilines is 1. The van der Waals surface area contributed by atoms with E-state index in [1.54, 1.807) is 24.3 Å². The molecule has 2 rings (SSSR count). The molecule has 5 heteroatoms. The standard InChI is InChI=1S/C17H21NO4/c1-12(19)13-5-7-14(8-6-13)18-15(20)11-17(16(21)22)9-3-2-4-10-17/h5-8H,2-4,9-11H2,1H3,(H,18,20)(H,21,22). The number of amides is 1. The maximum Gasteiger partial charge on any atom is 0.310 e. The highest BCUT2D eigenvalue weighted by molar-refractivity contribution is 5.96. The minimum absolute atomic E-state index is 0.00318. The van der Waals surface area contributed by atoms with E-state index in [0.29, 0.717) is 24.1 Å². The Morgan fingerprint density at radius 3 is 2.18 bits per heavy atom. The number of carboxylic acid groups (broad SMARTS) is 1. The van der Waals surface area contributed by atoms with Gasteiger partial charge in [-0.1, -0.05) is 19.3 Å². The first kappa shape index (κ1) is 16.2. The van der Waals surface area contributed by atoms with E-state index >= 15 is 0 Å². The van der Waals surface area contributed by atoms with Gasteiger partial charge >= 0.3 is 5.97 Å². The molecule has 1 saturated carbocycles. The number of Topliss-reactive ketones (excluding diaryl/α,β-unsaturated/α-hetero) is 1. The Balaban J connectivity index is 2.02. The molecule has 118 valence electrons. The summed E-state index contributed by atoms with van der Waals surface area (Å²) in [5, 5.41) is 12.2. The van der Waals surface area contributed by atoms with Gasteiger partial charge < -0.3 is 10.4 Å². The van der Waals surface area contributed by atoms with Crippen molar-refractivity contribution < 1.29 is 19.5 Å². The van der Waals surface area contributed by atoms with E-state index in [2.05, 4.69) is 5.32 Å². The number of carbonyl (C=O) groups is 3. The van der Waals surface area contributed by atoms with Crippen molar-refractivity contribution in [2.24, 2.45) is 5.41 Å². The summed E-state index contributed by atoms with van der Waals surface area (Å²) >= 11 is 0. The molecule has 0 aliphatic heterocycles. The van der Waals surface area contributed by atoms with Crippen molar-refractivity contribution in [1.29, 1.82) is 0 Å².